The lowest BCUT2D eigenvalue weighted by Crippen LogP contribution is -2.13. The minimum atomic E-state index is 0.437. The van der Waals surface area contributed by atoms with Crippen LogP contribution in [0.5, 0.6) is 11.5 Å². The molecule has 5 nitrogen and oxygen atoms in total. The zero-order valence-electron chi connectivity index (χ0n) is 11.7. The lowest BCUT2D eigenvalue weighted by atomic mass is 10.3. The highest BCUT2D eigenvalue weighted by atomic mass is 35.5. The number of aromatic nitrogens is 2. The maximum Gasteiger partial charge on any atom is 0.138 e. The molecule has 1 aromatic heterocycles. The van der Waals surface area contributed by atoms with E-state index in [0.29, 0.717) is 40.6 Å². The second-order valence-electron chi connectivity index (χ2n) is 4.21. The Labute approximate surface area is 133 Å². The first kappa shape index (κ1) is 15.7. The Morgan fingerprint density at radius 2 is 2.05 bits per heavy atom. The molecule has 0 saturated heterocycles. The highest BCUT2D eigenvalue weighted by molar-refractivity contribution is 6.32. The predicted octanol–water partition coefficient (Wildman–Crippen LogP) is 3.59. The van der Waals surface area contributed by atoms with Crippen molar-refractivity contribution in [2.24, 2.45) is 0 Å². The molecule has 0 bridgehead atoms. The lowest BCUT2D eigenvalue weighted by Gasteiger charge is -2.11. The maximum atomic E-state index is 6.09. The van der Waals surface area contributed by atoms with Gasteiger partial charge >= 0.3 is 0 Å². The van der Waals surface area contributed by atoms with Crippen LogP contribution in [0.1, 0.15) is 5.56 Å². The van der Waals surface area contributed by atoms with Crippen LogP contribution in [0.3, 0.4) is 0 Å². The van der Waals surface area contributed by atoms with E-state index in [1.54, 1.807) is 25.3 Å². The summed E-state index contributed by atoms with van der Waals surface area (Å²) in [7, 11) is 1.59. The summed E-state index contributed by atoms with van der Waals surface area (Å²) in [6.07, 6.45) is 1.42. The Hall–Kier alpha value is -1.72. The normalized spacial score (nSPS) is 10.3. The smallest absolute Gasteiger partial charge is 0.138 e. The SMILES string of the molecule is COc1ccc(OCCNc2ncnc(Cl)c2C)c(Cl)c1. The lowest BCUT2D eigenvalue weighted by molar-refractivity contribution is 0.332. The van der Waals surface area contributed by atoms with Crippen LogP contribution < -0.4 is 14.8 Å². The molecule has 1 aromatic carbocycles. The summed E-state index contributed by atoms with van der Waals surface area (Å²) in [6, 6.07) is 5.27. The van der Waals surface area contributed by atoms with E-state index >= 15 is 0 Å². The van der Waals surface area contributed by atoms with E-state index in [4.69, 9.17) is 32.7 Å². The number of nitrogens with zero attached hydrogens (tertiary/aromatic N) is 2. The number of hydrogen-bond acceptors (Lipinski definition) is 5. The van der Waals surface area contributed by atoms with E-state index in [-0.39, 0.29) is 0 Å². The van der Waals surface area contributed by atoms with Gasteiger partial charge in [-0.1, -0.05) is 23.2 Å². The van der Waals surface area contributed by atoms with Gasteiger partial charge in [-0.15, -0.1) is 0 Å². The number of rotatable bonds is 6. The van der Waals surface area contributed by atoms with Crippen LogP contribution in [0, 0.1) is 6.92 Å². The molecular formula is C14H15Cl2N3O2. The molecule has 1 heterocycles. The van der Waals surface area contributed by atoms with Crippen molar-refractivity contribution in [3.8, 4) is 11.5 Å². The number of methoxy groups -OCH3 is 1. The zero-order valence-corrected chi connectivity index (χ0v) is 13.2. The van der Waals surface area contributed by atoms with Crippen molar-refractivity contribution in [1.82, 2.24) is 9.97 Å². The fourth-order valence-electron chi connectivity index (χ4n) is 1.66. The van der Waals surface area contributed by atoms with Crippen LogP contribution in [0.25, 0.3) is 0 Å². The van der Waals surface area contributed by atoms with Gasteiger partial charge in [-0.2, -0.15) is 0 Å². The van der Waals surface area contributed by atoms with E-state index in [2.05, 4.69) is 15.3 Å². The van der Waals surface area contributed by atoms with Gasteiger partial charge in [-0.3, -0.25) is 0 Å². The van der Waals surface area contributed by atoms with Gasteiger partial charge in [0.1, 0.15) is 35.4 Å². The first-order chi connectivity index (χ1) is 10.1. The van der Waals surface area contributed by atoms with Crippen LogP contribution >= 0.6 is 23.2 Å². The zero-order chi connectivity index (χ0) is 15.2. The van der Waals surface area contributed by atoms with Crippen molar-refractivity contribution in [2.45, 2.75) is 6.92 Å². The van der Waals surface area contributed by atoms with Crippen LogP contribution in [0.4, 0.5) is 5.82 Å². The van der Waals surface area contributed by atoms with Crippen molar-refractivity contribution in [3.05, 3.63) is 40.3 Å². The summed E-state index contributed by atoms with van der Waals surface area (Å²) < 4.78 is 10.7. The molecule has 21 heavy (non-hydrogen) atoms. The van der Waals surface area contributed by atoms with Crippen LogP contribution in [0.15, 0.2) is 24.5 Å². The quantitative estimate of drug-likeness (QED) is 0.649. The summed E-state index contributed by atoms with van der Waals surface area (Å²) >= 11 is 12.0. The van der Waals surface area contributed by atoms with Crippen molar-refractivity contribution < 1.29 is 9.47 Å². The largest absolute Gasteiger partial charge is 0.497 e. The standard InChI is InChI=1S/C14H15Cl2N3O2/c1-9-13(16)18-8-19-14(9)17-5-6-21-12-4-3-10(20-2)7-11(12)15/h3-4,7-8H,5-6H2,1-2H3,(H,17,18,19). The fraction of sp³-hybridized carbons (Fsp3) is 0.286. The molecule has 2 aromatic rings. The Kier molecular flexibility index (Phi) is 5.47. The molecule has 0 spiro atoms. The van der Waals surface area contributed by atoms with E-state index in [1.807, 2.05) is 6.92 Å². The number of hydrogen-bond donors (Lipinski definition) is 1. The third-order valence-electron chi connectivity index (χ3n) is 2.81. The van der Waals surface area contributed by atoms with Crippen molar-refractivity contribution in [2.75, 3.05) is 25.6 Å². The van der Waals surface area contributed by atoms with Crippen LogP contribution in [-0.2, 0) is 0 Å². The average molecular weight is 328 g/mol. The minimum absolute atomic E-state index is 0.437. The summed E-state index contributed by atoms with van der Waals surface area (Å²) in [4.78, 5) is 8.02. The average Bonchev–Trinajstić information content (AvgIpc) is 2.49. The Morgan fingerprint density at radius 3 is 2.76 bits per heavy atom. The van der Waals surface area contributed by atoms with Gasteiger partial charge in [0.2, 0.25) is 0 Å². The molecule has 0 unspecified atom stereocenters. The molecule has 0 amide bonds. The monoisotopic (exact) mass is 327 g/mol. The van der Waals surface area contributed by atoms with Crippen LogP contribution in [-0.4, -0.2) is 30.2 Å². The molecule has 0 fully saturated rings. The summed E-state index contributed by atoms with van der Waals surface area (Å²) in [5.41, 5.74) is 0.807. The Balaban J connectivity index is 1.86. The van der Waals surface area contributed by atoms with Gasteiger partial charge in [0, 0.05) is 11.6 Å². The van der Waals surface area contributed by atoms with E-state index in [9.17, 15) is 0 Å². The second-order valence-corrected chi connectivity index (χ2v) is 4.97. The number of halogens is 2. The van der Waals surface area contributed by atoms with Gasteiger partial charge in [0.05, 0.1) is 18.7 Å². The second kappa shape index (κ2) is 7.33. The van der Waals surface area contributed by atoms with E-state index in [1.165, 1.54) is 6.33 Å². The molecule has 1 N–H and O–H groups in total. The molecule has 7 heteroatoms. The molecule has 2 rings (SSSR count). The predicted molar refractivity (Wildman–Crippen MR) is 83.8 cm³/mol. The fourth-order valence-corrected chi connectivity index (χ4v) is 2.02. The topological polar surface area (TPSA) is 56.3 Å². The van der Waals surface area contributed by atoms with Gasteiger partial charge in [0.25, 0.3) is 0 Å². The Bertz CT molecular complexity index is 623. The van der Waals surface area contributed by atoms with Gasteiger partial charge in [-0.05, 0) is 19.1 Å². The number of ether oxygens (including phenoxy) is 2. The minimum Gasteiger partial charge on any atom is -0.497 e. The van der Waals surface area contributed by atoms with Crippen LogP contribution in [0.2, 0.25) is 10.2 Å². The molecule has 0 radical (unpaired) electrons. The summed E-state index contributed by atoms with van der Waals surface area (Å²) in [5, 5.41) is 4.08. The number of nitrogens with one attached hydrogen (secondary N) is 1. The molecule has 0 aliphatic heterocycles. The molecular weight excluding hydrogens is 313 g/mol. The molecule has 0 atom stereocenters. The van der Waals surface area contributed by atoms with Gasteiger partial charge in [-0.25, -0.2) is 9.97 Å². The molecule has 0 aliphatic carbocycles. The molecule has 112 valence electrons. The van der Waals surface area contributed by atoms with E-state index < -0.39 is 0 Å². The maximum absolute atomic E-state index is 6.09. The Morgan fingerprint density at radius 1 is 1.24 bits per heavy atom. The van der Waals surface area contributed by atoms with Crippen molar-refractivity contribution in [3.63, 3.8) is 0 Å². The summed E-state index contributed by atoms with van der Waals surface area (Å²) in [5.74, 6) is 1.99. The van der Waals surface area contributed by atoms with E-state index in [0.717, 1.165) is 5.56 Å². The molecule has 0 aliphatic rings. The highest BCUT2D eigenvalue weighted by Crippen LogP contribution is 2.28. The number of benzene rings is 1. The van der Waals surface area contributed by atoms with Crippen molar-refractivity contribution >= 4 is 29.0 Å². The third-order valence-corrected chi connectivity index (χ3v) is 3.49. The van der Waals surface area contributed by atoms with Gasteiger partial charge in [0.15, 0.2) is 0 Å². The molecule has 0 saturated carbocycles. The van der Waals surface area contributed by atoms with Gasteiger partial charge < -0.3 is 14.8 Å². The highest BCUT2D eigenvalue weighted by Gasteiger charge is 2.05. The number of anilines is 1. The first-order valence-electron chi connectivity index (χ1n) is 6.29. The summed E-state index contributed by atoms with van der Waals surface area (Å²) in [6.45, 7) is 2.86. The third kappa shape index (κ3) is 4.12. The van der Waals surface area contributed by atoms with Crippen molar-refractivity contribution in [1.29, 1.82) is 0 Å². The first-order valence-corrected chi connectivity index (χ1v) is 7.04.